The van der Waals surface area contributed by atoms with Crippen LogP contribution in [0, 0.1) is 0 Å². The normalized spacial score (nSPS) is 11.0. The molecule has 0 aliphatic rings. The Morgan fingerprint density at radius 2 is 2.00 bits per heavy atom. The SMILES string of the molecule is COC(=O)CCNc1cc(NN)nc(C(C)(C)C)n1. The van der Waals surface area contributed by atoms with Crippen LogP contribution in [0.25, 0.3) is 0 Å². The number of carbonyl (C=O) groups excluding carboxylic acids is 1. The maximum atomic E-state index is 11.0. The van der Waals surface area contributed by atoms with Gasteiger partial charge >= 0.3 is 5.97 Å². The fourth-order valence-electron chi connectivity index (χ4n) is 1.34. The first-order chi connectivity index (χ1) is 8.86. The van der Waals surface area contributed by atoms with Gasteiger partial charge in [0.1, 0.15) is 17.5 Å². The average molecular weight is 267 g/mol. The first kappa shape index (κ1) is 15.2. The summed E-state index contributed by atoms with van der Waals surface area (Å²) in [6.45, 7) is 6.49. The lowest BCUT2D eigenvalue weighted by Gasteiger charge is -2.18. The summed E-state index contributed by atoms with van der Waals surface area (Å²) < 4.78 is 4.57. The van der Waals surface area contributed by atoms with E-state index in [1.165, 1.54) is 7.11 Å². The zero-order valence-electron chi connectivity index (χ0n) is 11.8. The maximum Gasteiger partial charge on any atom is 0.307 e. The molecule has 19 heavy (non-hydrogen) atoms. The van der Waals surface area contributed by atoms with Gasteiger partial charge in [-0.25, -0.2) is 15.8 Å². The highest BCUT2D eigenvalue weighted by atomic mass is 16.5. The van der Waals surface area contributed by atoms with Crippen LogP contribution in [0.4, 0.5) is 11.6 Å². The lowest BCUT2D eigenvalue weighted by Crippen LogP contribution is -2.20. The molecule has 0 atom stereocenters. The van der Waals surface area contributed by atoms with Crippen LogP contribution in [0.5, 0.6) is 0 Å². The summed E-state index contributed by atoms with van der Waals surface area (Å²) in [6.07, 6.45) is 0.275. The monoisotopic (exact) mass is 267 g/mol. The summed E-state index contributed by atoms with van der Waals surface area (Å²) in [5.41, 5.74) is 2.32. The van der Waals surface area contributed by atoms with Crippen LogP contribution in [-0.2, 0) is 14.9 Å². The summed E-state index contributed by atoms with van der Waals surface area (Å²) in [5.74, 6) is 6.94. The van der Waals surface area contributed by atoms with Crippen LogP contribution in [0.15, 0.2) is 6.07 Å². The van der Waals surface area contributed by atoms with Gasteiger partial charge in [-0.05, 0) is 0 Å². The molecule has 0 spiro atoms. The van der Waals surface area contributed by atoms with Gasteiger partial charge in [-0.15, -0.1) is 0 Å². The second-order valence-corrected chi connectivity index (χ2v) is 5.11. The molecule has 0 saturated heterocycles. The van der Waals surface area contributed by atoms with E-state index in [1.807, 2.05) is 20.8 Å². The minimum atomic E-state index is -0.269. The van der Waals surface area contributed by atoms with Gasteiger partial charge in [0.15, 0.2) is 0 Å². The van der Waals surface area contributed by atoms with E-state index in [0.717, 1.165) is 0 Å². The third-order valence-corrected chi connectivity index (χ3v) is 2.41. The Morgan fingerprint density at radius 1 is 1.37 bits per heavy atom. The number of methoxy groups -OCH3 is 1. The number of hydrogen-bond acceptors (Lipinski definition) is 7. The largest absolute Gasteiger partial charge is 0.469 e. The average Bonchev–Trinajstić information content (AvgIpc) is 2.37. The van der Waals surface area contributed by atoms with Crippen molar-refractivity contribution in [1.29, 1.82) is 0 Å². The lowest BCUT2D eigenvalue weighted by molar-refractivity contribution is -0.140. The summed E-state index contributed by atoms with van der Waals surface area (Å²) in [4.78, 5) is 19.7. The Balaban J connectivity index is 2.80. The number of nitrogens with one attached hydrogen (secondary N) is 2. The molecule has 7 heteroatoms. The van der Waals surface area contributed by atoms with E-state index < -0.39 is 0 Å². The quantitative estimate of drug-likeness (QED) is 0.416. The first-order valence-corrected chi connectivity index (χ1v) is 6.03. The van der Waals surface area contributed by atoms with Crippen LogP contribution in [-0.4, -0.2) is 29.6 Å². The smallest absolute Gasteiger partial charge is 0.307 e. The second kappa shape index (κ2) is 6.33. The molecule has 0 amide bonds. The third kappa shape index (κ3) is 4.70. The fraction of sp³-hybridized carbons (Fsp3) is 0.583. The molecule has 0 bridgehead atoms. The Kier molecular flexibility index (Phi) is 5.05. The number of nitrogens with two attached hydrogens (primary N) is 1. The molecule has 0 radical (unpaired) electrons. The third-order valence-electron chi connectivity index (χ3n) is 2.41. The molecule has 0 fully saturated rings. The Morgan fingerprint density at radius 3 is 2.53 bits per heavy atom. The highest BCUT2D eigenvalue weighted by molar-refractivity contribution is 5.69. The molecule has 7 nitrogen and oxygen atoms in total. The van der Waals surface area contributed by atoms with E-state index in [1.54, 1.807) is 6.07 Å². The van der Waals surface area contributed by atoms with Gasteiger partial charge in [-0.1, -0.05) is 20.8 Å². The Bertz CT molecular complexity index is 442. The molecule has 4 N–H and O–H groups in total. The maximum absolute atomic E-state index is 11.0. The van der Waals surface area contributed by atoms with E-state index in [9.17, 15) is 4.79 Å². The van der Waals surface area contributed by atoms with Crippen LogP contribution in [0.2, 0.25) is 0 Å². The number of hydrazine groups is 1. The van der Waals surface area contributed by atoms with Crippen molar-refractivity contribution in [3.63, 3.8) is 0 Å². The molecule has 0 aliphatic carbocycles. The van der Waals surface area contributed by atoms with Gasteiger partial charge < -0.3 is 15.5 Å². The number of nitrogens with zero attached hydrogens (tertiary/aromatic N) is 2. The molecule has 0 unspecified atom stereocenters. The predicted octanol–water partition coefficient (Wildman–Crippen LogP) is 1.03. The topological polar surface area (TPSA) is 102 Å². The minimum absolute atomic E-state index is 0.189. The number of aromatic nitrogens is 2. The van der Waals surface area contributed by atoms with Gasteiger partial charge in [0.05, 0.1) is 13.5 Å². The minimum Gasteiger partial charge on any atom is -0.469 e. The molecule has 1 aromatic heterocycles. The van der Waals surface area contributed by atoms with Crippen LogP contribution >= 0.6 is 0 Å². The second-order valence-electron chi connectivity index (χ2n) is 5.11. The van der Waals surface area contributed by atoms with Gasteiger partial charge in [-0.3, -0.25) is 4.79 Å². The Labute approximate surface area is 112 Å². The molecule has 106 valence electrons. The van der Waals surface area contributed by atoms with Crippen molar-refractivity contribution < 1.29 is 9.53 Å². The number of carbonyl (C=O) groups is 1. The summed E-state index contributed by atoms with van der Waals surface area (Å²) in [6, 6.07) is 1.69. The van der Waals surface area contributed by atoms with Crippen molar-refractivity contribution in [1.82, 2.24) is 9.97 Å². The fourth-order valence-corrected chi connectivity index (χ4v) is 1.34. The number of anilines is 2. The number of hydrogen-bond donors (Lipinski definition) is 3. The van der Waals surface area contributed by atoms with E-state index in [4.69, 9.17) is 5.84 Å². The van der Waals surface area contributed by atoms with E-state index in [2.05, 4.69) is 25.4 Å². The Hall–Kier alpha value is -1.89. The molecule has 0 aromatic carbocycles. The van der Waals surface area contributed by atoms with Gasteiger partial charge in [0, 0.05) is 18.0 Å². The van der Waals surface area contributed by atoms with Crippen LogP contribution < -0.4 is 16.6 Å². The molecule has 1 rings (SSSR count). The summed E-state index contributed by atoms with van der Waals surface area (Å²) in [5, 5.41) is 3.05. The van der Waals surface area contributed by atoms with Crippen molar-refractivity contribution in [2.24, 2.45) is 5.84 Å². The van der Waals surface area contributed by atoms with E-state index in [-0.39, 0.29) is 17.8 Å². The number of ether oxygens (including phenoxy) is 1. The molecular weight excluding hydrogens is 246 g/mol. The molecule has 1 heterocycles. The molecule has 0 saturated carbocycles. The highest BCUT2D eigenvalue weighted by Gasteiger charge is 2.19. The zero-order valence-corrected chi connectivity index (χ0v) is 11.8. The highest BCUT2D eigenvalue weighted by Crippen LogP contribution is 2.21. The van der Waals surface area contributed by atoms with Crippen molar-refractivity contribution in [3.05, 3.63) is 11.9 Å². The van der Waals surface area contributed by atoms with E-state index in [0.29, 0.717) is 24.0 Å². The van der Waals surface area contributed by atoms with Crippen molar-refractivity contribution in [2.45, 2.75) is 32.6 Å². The van der Waals surface area contributed by atoms with Crippen LogP contribution in [0.1, 0.15) is 33.0 Å². The van der Waals surface area contributed by atoms with Crippen molar-refractivity contribution in [2.75, 3.05) is 24.4 Å². The molecule has 1 aromatic rings. The standard InChI is InChI=1S/C12H21N5O2/c1-12(2,3)11-15-8(7-9(16-11)17-13)14-6-5-10(18)19-4/h7H,5-6,13H2,1-4H3,(H2,14,15,16,17). The van der Waals surface area contributed by atoms with Gasteiger partial charge in [0.25, 0.3) is 0 Å². The first-order valence-electron chi connectivity index (χ1n) is 6.03. The summed E-state index contributed by atoms with van der Waals surface area (Å²) >= 11 is 0. The predicted molar refractivity (Wildman–Crippen MR) is 73.7 cm³/mol. The van der Waals surface area contributed by atoms with Crippen molar-refractivity contribution in [3.8, 4) is 0 Å². The van der Waals surface area contributed by atoms with E-state index >= 15 is 0 Å². The molecule has 0 aliphatic heterocycles. The number of nitrogen functional groups attached to an aromatic ring is 1. The molecular formula is C12H21N5O2. The van der Waals surface area contributed by atoms with Crippen LogP contribution in [0.3, 0.4) is 0 Å². The lowest BCUT2D eigenvalue weighted by atomic mass is 9.96. The summed E-state index contributed by atoms with van der Waals surface area (Å²) in [7, 11) is 1.36. The van der Waals surface area contributed by atoms with Gasteiger partial charge in [0.2, 0.25) is 0 Å². The number of rotatable bonds is 5. The van der Waals surface area contributed by atoms with Gasteiger partial charge in [-0.2, -0.15) is 0 Å². The number of esters is 1. The zero-order chi connectivity index (χ0) is 14.5. The van der Waals surface area contributed by atoms with Crippen molar-refractivity contribution >= 4 is 17.6 Å².